The Morgan fingerprint density at radius 3 is 2.45 bits per heavy atom. The van der Waals surface area contributed by atoms with Gasteiger partial charge in [0.1, 0.15) is 5.82 Å². The summed E-state index contributed by atoms with van der Waals surface area (Å²) in [7, 11) is -3.93. The Kier molecular flexibility index (Phi) is 4.41. The van der Waals surface area contributed by atoms with Crippen LogP contribution in [0.1, 0.15) is 17.3 Å². The van der Waals surface area contributed by atoms with E-state index in [1.54, 1.807) is 6.92 Å². The summed E-state index contributed by atoms with van der Waals surface area (Å²) in [4.78, 5) is 14.6. The molecule has 1 aromatic carbocycles. The highest BCUT2D eigenvalue weighted by molar-refractivity contribution is 7.92. The van der Waals surface area contributed by atoms with E-state index in [1.165, 1.54) is 12.3 Å². The summed E-state index contributed by atoms with van der Waals surface area (Å²) in [6.45, 7) is 1.68. The monoisotopic (exact) mass is 324 g/mol. The van der Waals surface area contributed by atoms with E-state index in [-0.39, 0.29) is 22.7 Å². The van der Waals surface area contributed by atoms with E-state index in [1.807, 2.05) is 0 Å². The molecular weight excluding hydrogens is 311 g/mol. The van der Waals surface area contributed by atoms with Gasteiger partial charge in [-0.25, -0.2) is 17.6 Å². The zero-order valence-electron chi connectivity index (χ0n) is 11.6. The van der Waals surface area contributed by atoms with Crippen molar-refractivity contribution in [1.82, 2.24) is 4.98 Å². The molecule has 8 heteroatoms. The van der Waals surface area contributed by atoms with E-state index in [0.29, 0.717) is 0 Å². The number of aromatic carboxylic acids is 1. The summed E-state index contributed by atoms with van der Waals surface area (Å²) in [5.41, 5.74) is 0.0111. The molecule has 0 radical (unpaired) electrons. The van der Waals surface area contributed by atoms with Gasteiger partial charge < -0.3 is 5.11 Å². The van der Waals surface area contributed by atoms with Gasteiger partial charge in [0.15, 0.2) is 0 Å². The number of hydrogen-bond donors (Lipinski definition) is 1. The summed E-state index contributed by atoms with van der Waals surface area (Å²) >= 11 is 0. The molecule has 2 rings (SSSR count). The molecule has 0 atom stereocenters. The molecular formula is C14H13FN2O4S. The SMILES string of the molecule is CCN(c1cncc(C(=O)O)c1)S(=O)(=O)c1ccc(F)cc1. The number of benzene rings is 1. The van der Waals surface area contributed by atoms with Crippen LogP contribution >= 0.6 is 0 Å². The van der Waals surface area contributed by atoms with Gasteiger partial charge in [0.25, 0.3) is 10.0 Å². The maximum absolute atomic E-state index is 12.9. The number of carboxylic acid groups (broad SMARTS) is 1. The van der Waals surface area contributed by atoms with E-state index in [0.717, 1.165) is 34.8 Å². The summed E-state index contributed by atoms with van der Waals surface area (Å²) in [5.74, 6) is -1.75. The minimum atomic E-state index is -3.93. The van der Waals surface area contributed by atoms with Crippen LogP contribution in [0.25, 0.3) is 0 Å². The first-order valence-corrected chi connectivity index (χ1v) is 7.77. The van der Waals surface area contributed by atoms with Gasteiger partial charge in [-0.2, -0.15) is 0 Å². The van der Waals surface area contributed by atoms with Crippen molar-refractivity contribution in [1.29, 1.82) is 0 Å². The van der Waals surface area contributed by atoms with Crippen molar-refractivity contribution >= 4 is 21.7 Å². The molecule has 2 aromatic rings. The van der Waals surface area contributed by atoms with E-state index in [4.69, 9.17) is 5.11 Å². The standard InChI is InChI=1S/C14H13FN2O4S/c1-2-17(12-7-10(14(18)19)8-16-9-12)22(20,21)13-5-3-11(15)4-6-13/h3-9H,2H2,1H3,(H,18,19). The number of aromatic nitrogens is 1. The fourth-order valence-electron chi connectivity index (χ4n) is 1.91. The van der Waals surface area contributed by atoms with Crippen molar-refractivity contribution in [3.63, 3.8) is 0 Å². The number of carbonyl (C=O) groups is 1. The molecule has 6 nitrogen and oxygen atoms in total. The summed E-state index contributed by atoms with van der Waals surface area (Å²) in [6.07, 6.45) is 2.39. The lowest BCUT2D eigenvalue weighted by atomic mass is 10.2. The van der Waals surface area contributed by atoms with Crippen molar-refractivity contribution in [3.8, 4) is 0 Å². The average Bonchev–Trinajstić information content (AvgIpc) is 2.48. The van der Waals surface area contributed by atoms with Crippen LogP contribution in [0.3, 0.4) is 0 Å². The first-order chi connectivity index (χ1) is 10.4. The molecule has 1 heterocycles. The summed E-state index contributed by atoms with van der Waals surface area (Å²) in [6, 6.07) is 5.63. The predicted octanol–water partition coefficient (Wildman–Crippen LogP) is 2.13. The third-order valence-corrected chi connectivity index (χ3v) is 4.86. The second kappa shape index (κ2) is 6.10. The Labute approximate surface area is 126 Å². The number of sulfonamides is 1. The molecule has 1 aromatic heterocycles. The minimum absolute atomic E-state index is 0.0739. The van der Waals surface area contributed by atoms with Gasteiger partial charge in [-0.1, -0.05) is 0 Å². The molecule has 0 amide bonds. The van der Waals surface area contributed by atoms with Gasteiger partial charge in [-0.05, 0) is 37.3 Å². The molecule has 116 valence electrons. The highest BCUT2D eigenvalue weighted by atomic mass is 32.2. The van der Waals surface area contributed by atoms with E-state index < -0.39 is 21.8 Å². The van der Waals surface area contributed by atoms with Crippen LogP contribution in [0.4, 0.5) is 10.1 Å². The van der Waals surface area contributed by atoms with Gasteiger partial charge in [-0.3, -0.25) is 9.29 Å². The largest absolute Gasteiger partial charge is 0.478 e. The van der Waals surface area contributed by atoms with Gasteiger partial charge in [0, 0.05) is 12.7 Å². The van der Waals surface area contributed by atoms with E-state index >= 15 is 0 Å². The molecule has 0 spiro atoms. The highest BCUT2D eigenvalue weighted by Crippen LogP contribution is 2.23. The maximum Gasteiger partial charge on any atom is 0.337 e. The molecule has 0 aliphatic carbocycles. The number of halogens is 1. The minimum Gasteiger partial charge on any atom is -0.478 e. The molecule has 0 saturated heterocycles. The normalized spacial score (nSPS) is 11.2. The number of hydrogen-bond acceptors (Lipinski definition) is 4. The lowest BCUT2D eigenvalue weighted by molar-refractivity contribution is 0.0696. The topological polar surface area (TPSA) is 87.6 Å². The molecule has 0 aliphatic rings. The van der Waals surface area contributed by atoms with Crippen molar-refractivity contribution in [3.05, 3.63) is 54.1 Å². The maximum atomic E-state index is 12.9. The Bertz CT molecular complexity index is 791. The van der Waals surface area contributed by atoms with Gasteiger partial charge in [0.2, 0.25) is 0 Å². The predicted molar refractivity (Wildman–Crippen MR) is 77.8 cm³/mol. The average molecular weight is 324 g/mol. The molecule has 1 N–H and O–H groups in total. The fourth-order valence-corrected chi connectivity index (χ4v) is 3.36. The van der Waals surface area contributed by atoms with Gasteiger partial charge in [-0.15, -0.1) is 0 Å². The Morgan fingerprint density at radius 2 is 1.91 bits per heavy atom. The van der Waals surface area contributed by atoms with E-state index in [9.17, 15) is 17.6 Å². The van der Waals surface area contributed by atoms with Crippen LogP contribution in [0.2, 0.25) is 0 Å². The fraction of sp³-hybridized carbons (Fsp3) is 0.143. The number of anilines is 1. The Hall–Kier alpha value is -2.48. The molecule has 22 heavy (non-hydrogen) atoms. The van der Waals surface area contributed by atoms with Crippen molar-refractivity contribution < 1.29 is 22.7 Å². The van der Waals surface area contributed by atoms with Crippen LogP contribution in [-0.4, -0.2) is 31.0 Å². The summed E-state index contributed by atoms with van der Waals surface area (Å²) in [5, 5.41) is 8.96. The van der Waals surface area contributed by atoms with Crippen LogP contribution in [0.15, 0.2) is 47.6 Å². The van der Waals surface area contributed by atoms with Gasteiger partial charge >= 0.3 is 5.97 Å². The number of nitrogens with zero attached hydrogens (tertiary/aromatic N) is 2. The van der Waals surface area contributed by atoms with E-state index in [2.05, 4.69) is 4.98 Å². The first-order valence-electron chi connectivity index (χ1n) is 6.33. The smallest absolute Gasteiger partial charge is 0.337 e. The highest BCUT2D eigenvalue weighted by Gasteiger charge is 2.24. The lowest BCUT2D eigenvalue weighted by Gasteiger charge is -2.22. The molecule has 0 aliphatic heterocycles. The zero-order valence-corrected chi connectivity index (χ0v) is 12.4. The van der Waals surface area contributed by atoms with Crippen molar-refractivity contribution in [2.24, 2.45) is 0 Å². The molecule has 0 bridgehead atoms. The third kappa shape index (κ3) is 3.06. The lowest BCUT2D eigenvalue weighted by Crippen LogP contribution is -2.31. The number of rotatable bonds is 5. The van der Waals surface area contributed by atoms with Crippen LogP contribution in [0, 0.1) is 5.82 Å². The first kappa shape index (κ1) is 15.9. The molecule has 0 saturated carbocycles. The molecule has 0 fully saturated rings. The van der Waals surface area contributed by atoms with Crippen LogP contribution < -0.4 is 4.31 Å². The zero-order chi connectivity index (χ0) is 16.3. The second-order valence-corrected chi connectivity index (χ2v) is 6.22. The third-order valence-electron chi connectivity index (χ3n) is 2.95. The van der Waals surface area contributed by atoms with Crippen molar-refractivity contribution in [2.45, 2.75) is 11.8 Å². The quantitative estimate of drug-likeness (QED) is 0.910. The number of carboxylic acids is 1. The van der Waals surface area contributed by atoms with Crippen molar-refractivity contribution in [2.75, 3.05) is 10.8 Å². The van der Waals surface area contributed by atoms with Crippen LogP contribution in [-0.2, 0) is 10.0 Å². The molecule has 0 unspecified atom stereocenters. The van der Waals surface area contributed by atoms with Crippen LogP contribution in [0.5, 0.6) is 0 Å². The Morgan fingerprint density at radius 1 is 1.27 bits per heavy atom. The number of pyridine rings is 1. The Balaban J connectivity index is 2.49. The van der Waals surface area contributed by atoms with Gasteiger partial charge in [0.05, 0.1) is 22.3 Å². The second-order valence-electron chi connectivity index (χ2n) is 4.36. The summed E-state index contributed by atoms with van der Waals surface area (Å²) < 4.78 is 39.1.